The van der Waals surface area contributed by atoms with Crippen LogP contribution >= 0.6 is 0 Å². The van der Waals surface area contributed by atoms with Gasteiger partial charge in [0.05, 0.1) is 0 Å². The molecule has 0 N–H and O–H groups in total. The van der Waals surface area contributed by atoms with Gasteiger partial charge in [-0.15, -0.1) is 0 Å². The van der Waals surface area contributed by atoms with Gasteiger partial charge in [0, 0.05) is 33.0 Å². The van der Waals surface area contributed by atoms with Crippen molar-refractivity contribution in [2.45, 2.75) is 13.1 Å². The molecule has 0 saturated heterocycles. The van der Waals surface area contributed by atoms with Crippen molar-refractivity contribution in [3.05, 3.63) is 164 Å². The van der Waals surface area contributed by atoms with Gasteiger partial charge in [-0.2, -0.15) is 0 Å². The molecule has 3 heterocycles. The second-order valence-electron chi connectivity index (χ2n) is 14.8. The van der Waals surface area contributed by atoms with E-state index in [-0.39, 0.29) is 0 Å². The Labute approximate surface area is 313 Å². The topological polar surface area (TPSA) is 51.8 Å². The van der Waals surface area contributed by atoms with Crippen molar-refractivity contribution in [3.63, 3.8) is 0 Å². The van der Waals surface area contributed by atoms with E-state index < -0.39 is 8.07 Å². The largest absolute Gasteiger partial charge is 0.455 e. The molecule has 0 aliphatic carbocycles. The third kappa shape index (κ3) is 4.65. The van der Waals surface area contributed by atoms with Gasteiger partial charge in [-0.1, -0.05) is 153 Å². The van der Waals surface area contributed by atoms with E-state index in [1.165, 1.54) is 32.3 Å². The van der Waals surface area contributed by atoms with Crippen LogP contribution in [0.3, 0.4) is 0 Å². The summed E-state index contributed by atoms with van der Waals surface area (Å²) < 4.78 is 6.84. The Morgan fingerprint density at radius 2 is 1.06 bits per heavy atom. The maximum Gasteiger partial charge on any atom is 0.164 e. The molecule has 254 valence electrons. The Balaban J connectivity index is 1.20. The number of hydrogen-bond acceptors (Lipinski definition) is 4. The molecule has 11 rings (SSSR count). The predicted octanol–water partition coefficient (Wildman–Crippen LogP) is 11.5. The van der Waals surface area contributed by atoms with Crippen LogP contribution in [0.5, 0.6) is 0 Å². The minimum Gasteiger partial charge on any atom is -0.455 e. The maximum absolute atomic E-state index is 6.84. The lowest BCUT2D eigenvalue weighted by Gasteiger charge is -2.19. The van der Waals surface area contributed by atoms with Gasteiger partial charge in [-0.05, 0) is 72.9 Å². The zero-order chi connectivity index (χ0) is 36.0. The summed E-state index contributed by atoms with van der Waals surface area (Å²) in [7, 11) is -2.10. The molecule has 1 aliphatic rings. The molecule has 5 heteroatoms. The molecule has 0 unspecified atom stereocenters. The van der Waals surface area contributed by atoms with Gasteiger partial charge in [0.15, 0.2) is 17.5 Å². The van der Waals surface area contributed by atoms with E-state index in [1.807, 2.05) is 6.07 Å². The lowest BCUT2D eigenvalue weighted by molar-refractivity contribution is 0.670. The van der Waals surface area contributed by atoms with Crippen molar-refractivity contribution in [2.75, 3.05) is 0 Å². The van der Waals surface area contributed by atoms with Gasteiger partial charge < -0.3 is 4.42 Å². The highest BCUT2D eigenvalue weighted by Crippen LogP contribution is 2.44. The Bertz CT molecular complexity index is 3160. The van der Waals surface area contributed by atoms with Gasteiger partial charge >= 0.3 is 0 Å². The lowest BCUT2D eigenvalue weighted by atomic mass is 9.97. The van der Waals surface area contributed by atoms with Crippen molar-refractivity contribution in [1.29, 1.82) is 0 Å². The molecule has 54 heavy (non-hydrogen) atoms. The molecular formula is C49H33N3OSi. The summed E-state index contributed by atoms with van der Waals surface area (Å²) in [5, 5.41) is 9.55. The Morgan fingerprint density at radius 3 is 1.94 bits per heavy atom. The van der Waals surface area contributed by atoms with Crippen molar-refractivity contribution >= 4 is 61.9 Å². The first-order chi connectivity index (χ1) is 26.5. The molecule has 1 aliphatic heterocycles. The molecule has 10 aromatic rings. The number of aromatic nitrogens is 3. The van der Waals surface area contributed by atoms with Crippen LogP contribution in [0.4, 0.5) is 0 Å². The highest BCUT2D eigenvalue weighted by atomic mass is 28.3. The highest BCUT2D eigenvalue weighted by Gasteiger charge is 2.40. The molecule has 0 saturated carbocycles. The first-order valence-corrected chi connectivity index (χ1v) is 21.4. The van der Waals surface area contributed by atoms with Crippen molar-refractivity contribution in [3.8, 4) is 56.4 Å². The third-order valence-electron chi connectivity index (χ3n) is 11.3. The minimum atomic E-state index is -2.10. The van der Waals surface area contributed by atoms with Crippen molar-refractivity contribution in [1.82, 2.24) is 15.0 Å². The summed E-state index contributed by atoms with van der Waals surface area (Å²) in [5.41, 5.74) is 9.38. The fourth-order valence-corrected chi connectivity index (χ4v) is 11.7. The summed E-state index contributed by atoms with van der Waals surface area (Å²) in [6.45, 7) is 4.88. The van der Waals surface area contributed by atoms with Gasteiger partial charge in [-0.25, -0.2) is 15.0 Å². The number of hydrogen-bond donors (Lipinski definition) is 0. The quantitative estimate of drug-likeness (QED) is 0.171. The van der Waals surface area contributed by atoms with E-state index in [9.17, 15) is 0 Å². The number of furan rings is 1. The van der Waals surface area contributed by atoms with Crippen LogP contribution < -0.4 is 10.4 Å². The average molecular weight is 708 g/mol. The van der Waals surface area contributed by atoms with Gasteiger partial charge in [0.1, 0.15) is 19.2 Å². The Hall–Kier alpha value is -6.69. The average Bonchev–Trinajstić information content (AvgIpc) is 3.72. The smallest absolute Gasteiger partial charge is 0.164 e. The van der Waals surface area contributed by atoms with Crippen molar-refractivity contribution in [2.24, 2.45) is 0 Å². The number of rotatable bonds is 4. The fourth-order valence-electron chi connectivity index (χ4n) is 8.60. The van der Waals surface area contributed by atoms with E-state index in [4.69, 9.17) is 19.4 Å². The molecule has 0 bridgehead atoms. The zero-order valence-corrected chi connectivity index (χ0v) is 30.8. The SMILES string of the molecule is C[Si]1(C)c2ccccc2-c2c1cc(-c1nc(-c3cccc(-c4ccc5ccccc5c4)c3)nc(-c3cccc4ccccc34)n1)c1c2oc2ccccc21. The van der Waals surface area contributed by atoms with Crippen LogP contribution in [0.25, 0.3) is 99.9 Å². The molecular weight excluding hydrogens is 675 g/mol. The zero-order valence-electron chi connectivity index (χ0n) is 29.8. The van der Waals surface area contributed by atoms with Crippen LogP contribution in [0.2, 0.25) is 13.1 Å². The number of benzene rings is 8. The first kappa shape index (κ1) is 30.9. The first-order valence-electron chi connectivity index (χ1n) is 18.4. The van der Waals surface area contributed by atoms with E-state index >= 15 is 0 Å². The van der Waals surface area contributed by atoms with Crippen LogP contribution in [0, 0.1) is 0 Å². The summed E-state index contributed by atoms with van der Waals surface area (Å²) in [5.74, 6) is 1.91. The van der Waals surface area contributed by atoms with E-state index in [0.29, 0.717) is 17.5 Å². The molecule has 0 amide bonds. The molecule has 4 nitrogen and oxygen atoms in total. The number of nitrogens with zero attached hydrogens (tertiary/aromatic N) is 3. The molecule has 0 spiro atoms. The predicted molar refractivity (Wildman–Crippen MR) is 226 cm³/mol. The standard InChI is InChI=1S/C49H33N3OSi/c1-54(2)42-24-10-8-21-39(42)45-43(54)29-40(44-38-20-7-9-23-41(38)53-46(44)45)49-51-47(50-48(52-49)37-22-12-16-31-14-5-6-19-36(31)37)35-18-11-17-33(28-35)34-26-25-30-13-3-4-15-32(30)27-34/h3-29H,1-2H3. The van der Waals surface area contributed by atoms with Crippen molar-refractivity contribution < 1.29 is 4.42 Å². The lowest BCUT2D eigenvalue weighted by Crippen LogP contribution is -2.49. The highest BCUT2D eigenvalue weighted by molar-refractivity contribution is 7.04. The normalized spacial score (nSPS) is 13.1. The minimum absolute atomic E-state index is 0.631. The second-order valence-corrected chi connectivity index (χ2v) is 19.1. The molecule has 0 radical (unpaired) electrons. The molecule has 8 aromatic carbocycles. The van der Waals surface area contributed by atoms with Gasteiger partial charge in [0.25, 0.3) is 0 Å². The molecule has 0 fully saturated rings. The summed E-state index contributed by atoms with van der Waals surface area (Å²) in [6.07, 6.45) is 0. The Kier molecular flexibility index (Phi) is 6.67. The summed E-state index contributed by atoms with van der Waals surface area (Å²) >= 11 is 0. The molecule has 0 atom stereocenters. The monoisotopic (exact) mass is 707 g/mol. The fraction of sp³-hybridized carbons (Fsp3) is 0.0408. The molecule has 2 aromatic heterocycles. The Morgan fingerprint density at radius 1 is 0.426 bits per heavy atom. The summed E-state index contributed by atoms with van der Waals surface area (Å²) in [6, 6.07) is 58.1. The van der Waals surface area contributed by atoms with E-state index in [1.54, 1.807) is 0 Å². The second kappa shape index (κ2) is 11.7. The van der Waals surface area contributed by atoms with E-state index in [2.05, 4.69) is 171 Å². The van der Waals surface area contributed by atoms with Gasteiger partial charge in [-0.3, -0.25) is 0 Å². The van der Waals surface area contributed by atoms with Crippen LogP contribution in [-0.4, -0.2) is 23.0 Å². The number of para-hydroxylation sites is 1. The van der Waals surface area contributed by atoms with Gasteiger partial charge in [0.2, 0.25) is 0 Å². The maximum atomic E-state index is 6.84. The van der Waals surface area contributed by atoms with E-state index in [0.717, 1.165) is 60.5 Å². The number of fused-ring (bicyclic) bond motifs is 9. The van der Waals surface area contributed by atoms with Crippen LogP contribution in [0.1, 0.15) is 0 Å². The third-order valence-corrected chi connectivity index (χ3v) is 14.8. The van der Waals surface area contributed by atoms with Crippen LogP contribution in [-0.2, 0) is 0 Å². The van der Waals surface area contributed by atoms with Crippen LogP contribution in [0.15, 0.2) is 168 Å². The summed E-state index contributed by atoms with van der Waals surface area (Å²) in [4.78, 5) is 16.0.